The third kappa shape index (κ3) is 2.10. The monoisotopic (exact) mass is 256 g/mol. The third-order valence-corrected chi connectivity index (χ3v) is 2.74. The summed E-state index contributed by atoms with van der Waals surface area (Å²) >= 11 is 5.70. The van der Waals surface area contributed by atoms with Crippen LogP contribution in [0.2, 0.25) is 5.15 Å². The van der Waals surface area contributed by atoms with Gasteiger partial charge >= 0.3 is 0 Å². The highest BCUT2D eigenvalue weighted by atomic mass is 35.5. The van der Waals surface area contributed by atoms with Crippen LogP contribution in [0, 0.1) is 0 Å². The van der Waals surface area contributed by atoms with Crippen LogP contribution in [0.25, 0.3) is 10.9 Å². The summed E-state index contributed by atoms with van der Waals surface area (Å²) in [6, 6.07) is 13.3. The fourth-order valence-corrected chi connectivity index (χ4v) is 1.83. The largest absolute Gasteiger partial charge is 0.338 e. The van der Waals surface area contributed by atoms with Gasteiger partial charge in [-0.05, 0) is 36.4 Å². The van der Waals surface area contributed by atoms with Crippen LogP contribution < -0.4 is 5.32 Å². The lowest BCUT2D eigenvalue weighted by molar-refractivity contribution is 1.04. The lowest BCUT2D eigenvalue weighted by Gasteiger charge is -2.07. The van der Waals surface area contributed by atoms with Crippen LogP contribution in [0.3, 0.4) is 0 Å². The molecule has 0 atom stereocenters. The second-order valence-corrected chi connectivity index (χ2v) is 4.13. The second-order valence-electron chi connectivity index (χ2n) is 3.74. The van der Waals surface area contributed by atoms with E-state index in [4.69, 9.17) is 11.6 Å². The molecule has 0 amide bonds. The Morgan fingerprint density at radius 2 is 1.89 bits per heavy atom. The summed E-state index contributed by atoms with van der Waals surface area (Å²) in [5.41, 5.74) is 1.88. The molecular weight excluding hydrogens is 248 g/mol. The SMILES string of the molecule is Clc1ccc(Nc2cccc3ncccc23)nn1. The van der Waals surface area contributed by atoms with Crippen LogP contribution in [-0.2, 0) is 0 Å². The normalized spacial score (nSPS) is 10.5. The maximum Gasteiger partial charge on any atom is 0.153 e. The van der Waals surface area contributed by atoms with Crippen molar-refractivity contribution in [2.24, 2.45) is 0 Å². The number of pyridine rings is 1. The number of rotatable bonds is 2. The van der Waals surface area contributed by atoms with Crippen LogP contribution in [-0.4, -0.2) is 15.2 Å². The lowest BCUT2D eigenvalue weighted by atomic mass is 10.2. The summed E-state index contributed by atoms with van der Waals surface area (Å²) in [7, 11) is 0. The number of nitrogens with one attached hydrogen (secondary N) is 1. The van der Waals surface area contributed by atoms with Crippen LogP contribution in [0.15, 0.2) is 48.7 Å². The fourth-order valence-electron chi connectivity index (χ4n) is 1.73. The summed E-state index contributed by atoms with van der Waals surface area (Å²) in [5.74, 6) is 0.649. The molecule has 1 N–H and O–H groups in total. The molecule has 0 radical (unpaired) electrons. The molecule has 0 aliphatic rings. The first-order valence-corrected chi connectivity index (χ1v) is 5.81. The first-order chi connectivity index (χ1) is 8.83. The molecule has 0 aliphatic heterocycles. The number of nitrogens with zero attached hydrogens (tertiary/aromatic N) is 3. The molecule has 0 saturated heterocycles. The number of fused-ring (bicyclic) bond motifs is 1. The highest BCUT2D eigenvalue weighted by Gasteiger charge is 2.02. The van der Waals surface area contributed by atoms with Gasteiger partial charge < -0.3 is 5.32 Å². The van der Waals surface area contributed by atoms with E-state index in [2.05, 4.69) is 20.5 Å². The molecular formula is C13H9ClN4. The van der Waals surface area contributed by atoms with E-state index in [-0.39, 0.29) is 0 Å². The van der Waals surface area contributed by atoms with Crippen molar-refractivity contribution in [3.63, 3.8) is 0 Å². The zero-order valence-corrected chi connectivity index (χ0v) is 10.1. The summed E-state index contributed by atoms with van der Waals surface area (Å²) in [4.78, 5) is 4.30. The van der Waals surface area contributed by atoms with Gasteiger partial charge in [0, 0.05) is 17.3 Å². The molecule has 0 spiro atoms. The second kappa shape index (κ2) is 4.58. The van der Waals surface area contributed by atoms with Crippen molar-refractivity contribution in [1.29, 1.82) is 0 Å². The van der Waals surface area contributed by atoms with Crippen LogP contribution >= 0.6 is 11.6 Å². The molecule has 3 aromatic rings. The van der Waals surface area contributed by atoms with Gasteiger partial charge in [0.25, 0.3) is 0 Å². The van der Waals surface area contributed by atoms with E-state index in [0.29, 0.717) is 11.0 Å². The zero-order chi connectivity index (χ0) is 12.4. The van der Waals surface area contributed by atoms with E-state index >= 15 is 0 Å². The average Bonchev–Trinajstić information content (AvgIpc) is 2.42. The molecule has 1 aromatic carbocycles. The van der Waals surface area contributed by atoms with E-state index < -0.39 is 0 Å². The number of hydrogen-bond acceptors (Lipinski definition) is 4. The predicted octanol–water partition coefficient (Wildman–Crippen LogP) is 3.42. The van der Waals surface area contributed by atoms with Crippen LogP contribution in [0.4, 0.5) is 11.5 Å². The van der Waals surface area contributed by atoms with Gasteiger partial charge in [-0.2, -0.15) is 0 Å². The van der Waals surface area contributed by atoms with Crippen molar-refractivity contribution in [1.82, 2.24) is 15.2 Å². The van der Waals surface area contributed by atoms with Crippen LogP contribution in [0.1, 0.15) is 0 Å². The Hall–Kier alpha value is -2.20. The molecule has 3 rings (SSSR count). The van der Waals surface area contributed by atoms with Gasteiger partial charge in [-0.15, -0.1) is 10.2 Å². The average molecular weight is 257 g/mol. The van der Waals surface area contributed by atoms with E-state index in [1.54, 1.807) is 18.3 Å². The summed E-state index contributed by atoms with van der Waals surface area (Å²) in [6.07, 6.45) is 1.77. The van der Waals surface area contributed by atoms with Crippen molar-refractivity contribution in [2.45, 2.75) is 0 Å². The fraction of sp³-hybridized carbons (Fsp3) is 0. The summed E-state index contributed by atoms with van der Waals surface area (Å²) < 4.78 is 0. The number of aromatic nitrogens is 3. The van der Waals surface area contributed by atoms with Gasteiger partial charge in [-0.3, -0.25) is 4.98 Å². The molecule has 0 aliphatic carbocycles. The van der Waals surface area contributed by atoms with Crippen molar-refractivity contribution >= 4 is 34.0 Å². The first-order valence-electron chi connectivity index (χ1n) is 5.43. The lowest BCUT2D eigenvalue weighted by Crippen LogP contribution is -1.96. The highest BCUT2D eigenvalue weighted by Crippen LogP contribution is 2.24. The zero-order valence-electron chi connectivity index (χ0n) is 9.34. The summed E-state index contributed by atoms with van der Waals surface area (Å²) in [6.45, 7) is 0. The molecule has 4 nitrogen and oxygen atoms in total. The quantitative estimate of drug-likeness (QED) is 0.763. The Morgan fingerprint density at radius 3 is 2.72 bits per heavy atom. The Bertz CT molecular complexity index is 677. The maximum absolute atomic E-state index is 5.70. The number of hydrogen-bond donors (Lipinski definition) is 1. The standard InChI is InChI=1S/C13H9ClN4/c14-12-6-7-13(18-17-12)16-11-5-1-4-10-9(11)3-2-8-15-10/h1-8H,(H,16,18). The van der Waals surface area contributed by atoms with Crippen molar-refractivity contribution in [2.75, 3.05) is 5.32 Å². The van der Waals surface area contributed by atoms with Gasteiger partial charge in [-0.1, -0.05) is 17.7 Å². The molecule has 2 aromatic heterocycles. The van der Waals surface area contributed by atoms with Gasteiger partial charge in [0.1, 0.15) is 0 Å². The van der Waals surface area contributed by atoms with E-state index in [0.717, 1.165) is 16.6 Å². The molecule has 0 bridgehead atoms. The van der Waals surface area contributed by atoms with E-state index in [1.807, 2.05) is 30.3 Å². The van der Waals surface area contributed by atoms with Crippen molar-refractivity contribution < 1.29 is 0 Å². The Morgan fingerprint density at radius 1 is 0.944 bits per heavy atom. The molecule has 2 heterocycles. The Kier molecular flexibility index (Phi) is 2.78. The molecule has 0 saturated carbocycles. The number of halogens is 1. The van der Waals surface area contributed by atoms with Crippen molar-refractivity contribution in [3.05, 3.63) is 53.8 Å². The number of benzene rings is 1. The minimum Gasteiger partial charge on any atom is -0.338 e. The third-order valence-electron chi connectivity index (χ3n) is 2.54. The number of anilines is 2. The highest BCUT2D eigenvalue weighted by molar-refractivity contribution is 6.29. The van der Waals surface area contributed by atoms with Gasteiger partial charge in [0.2, 0.25) is 0 Å². The molecule has 0 fully saturated rings. The van der Waals surface area contributed by atoms with E-state index in [1.165, 1.54) is 0 Å². The Labute approximate surface area is 109 Å². The first kappa shape index (κ1) is 10.9. The van der Waals surface area contributed by atoms with Gasteiger partial charge in [0.15, 0.2) is 11.0 Å². The van der Waals surface area contributed by atoms with E-state index in [9.17, 15) is 0 Å². The van der Waals surface area contributed by atoms with Crippen LogP contribution in [0.5, 0.6) is 0 Å². The minimum absolute atomic E-state index is 0.375. The molecule has 5 heteroatoms. The van der Waals surface area contributed by atoms with Gasteiger partial charge in [0.05, 0.1) is 5.52 Å². The topological polar surface area (TPSA) is 50.7 Å². The molecule has 88 valence electrons. The predicted molar refractivity (Wildman–Crippen MR) is 72.1 cm³/mol. The molecule has 18 heavy (non-hydrogen) atoms. The summed E-state index contributed by atoms with van der Waals surface area (Å²) in [5, 5.41) is 12.4. The minimum atomic E-state index is 0.375. The molecule has 0 unspecified atom stereocenters. The van der Waals surface area contributed by atoms with Crippen molar-refractivity contribution in [3.8, 4) is 0 Å². The maximum atomic E-state index is 5.70. The Balaban J connectivity index is 2.02. The van der Waals surface area contributed by atoms with Gasteiger partial charge in [-0.25, -0.2) is 0 Å². The smallest absolute Gasteiger partial charge is 0.153 e.